The summed E-state index contributed by atoms with van der Waals surface area (Å²) in [5, 5.41) is 9.32. The van der Waals surface area contributed by atoms with Crippen molar-refractivity contribution in [2.75, 3.05) is 0 Å². The van der Waals surface area contributed by atoms with Crippen molar-refractivity contribution in [2.24, 2.45) is 0 Å². The lowest BCUT2D eigenvalue weighted by molar-refractivity contribution is 0.668. The minimum Gasteiger partial charge on any atom is -0.456 e. The third-order valence-electron chi connectivity index (χ3n) is 19.0. The van der Waals surface area contributed by atoms with E-state index in [9.17, 15) is 0 Å². The molecule has 1 aliphatic rings. The molecule has 0 saturated carbocycles. The lowest BCUT2D eigenvalue weighted by Gasteiger charge is -2.10. The molecule has 11 nitrogen and oxygen atoms in total. The van der Waals surface area contributed by atoms with E-state index in [2.05, 4.69) is 95.6 Å². The van der Waals surface area contributed by atoms with Crippen molar-refractivity contribution in [1.29, 1.82) is 0 Å². The van der Waals surface area contributed by atoms with Gasteiger partial charge in [0.15, 0.2) is 34.9 Å². The predicted molar refractivity (Wildman–Crippen MR) is 415 cm³/mol. The maximum atomic E-state index is 8.83. The van der Waals surface area contributed by atoms with Crippen LogP contribution in [0.3, 0.4) is 0 Å². The minimum atomic E-state index is -0.499. The Kier molecular flexibility index (Phi) is 11.8. The Hall–Kier alpha value is -13.6. The van der Waals surface area contributed by atoms with Crippen LogP contribution in [0.25, 0.3) is 195 Å². The molecule has 22 rings (SSSR count). The number of fused-ring (bicyclic) bond motifs is 18. The second-order valence-electron chi connectivity index (χ2n) is 24.9. The van der Waals surface area contributed by atoms with Crippen molar-refractivity contribution in [3.8, 4) is 85.1 Å². The maximum Gasteiger partial charge on any atom is 0.164 e. The SMILES string of the molecule is [2H]c1c([2H])c([2H])c(-c2nc(-c3cccc4oc5ccccc5c34)nc(-c3cccc4oc5cc(-n6c7ccccc7c7ccccc76)ccc5c34)n2)c([2H])c1[2H].[2H]c1c([2H])c([2H])c(-c2nc(-c3cccc4oc5ccccc5c34)nc(-c3cccc4oc5cc(Cl)ccc5c34)n2)c([2H])c1[2H].c1ccc2c(c1)Cc1ccccc1-2. The highest BCUT2D eigenvalue weighted by molar-refractivity contribution is 6.31. The number of benzene rings is 14. The molecule has 0 bridgehead atoms. The quantitative estimate of drug-likeness (QED) is 0.152. The summed E-state index contributed by atoms with van der Waals surface area (Å²) in [7, 11) is 0. The number of nitrogens with zero attached hydrogens (tertiary/aromatic N) is 7. The Labute approximate surface area is 606 Å². The first kappa shape index (κ1) is 49.8. The Morgan fingerprint density at radius 1 is 0.282 bits per heavy atom. The van der Waals surface area contributed by atoms with Gasteiger partial charge in [-0.25, -0.2) is 29.9 Å². The molecule has 0 amide bonds. The van der Waals surface area contributed by atoms with E-state index >= 15 is 0 Å². The fourth-order valence-electron chi connectivity index (χ4n) is 14.5. The molecule has 484 valence electrons. The zero-order valence-corrected chi connectivity index (χ0v) is 54.9. The molecule has 12 heteroatoms. The first-order valence-corrected chi connectivity index (χ1v) is 33.7. The van der Waals surface area contributed by atoms with Crippen molar-refractivity contribution in [3.05, 3.63) is 331 Å². The van der Waals surface area contributed by atoms with Crippen LogP contribution in [-0.4, -0.2) is 34.5 Å². The number of hydrogen-bond donors (Lipinski definition) is 0. The summed E-state index contributed by atoms with van der Waals surface area (Å²) in [4.78, 5) is 29.2. The number of para-hydroxylation sites is 4. The Morgan fingerprint density at radius 3 is 1.06 bits per heavy atom. The third-order valence-corrected chi connectivity index (χ3v) is 19.2. The van der Waals surface area contributed by atoms with Gasteiger partial charge in [0.2, 0.25) is 0 Å². The third kappa shape index (κ3) is 10.2. The topological polar surface area (TPSA) is 135 Å². The van der Waals surface area contributed by atoms with Crippen LogP contribution in [0.5, 0.6) is 0 Å². The van der Waals surface area contributed by atoms with E-state index in [4.69, 9.17) is 72.9 Å². The van der Waals surface area contributed by atoms with E-state index in [-0.39, 0.29) is 46.1 Å². The van der Waals surface area contributed by atoms with Crippen molar-refractivity contribution in [2.45, 2.75) is 6.42 Å². The predicted octanol–water partition coefficient (Wildman–Crippen LogP) is 24.4. The van der Waals surface area contributed by atoms with Gasteiger partial charge >= 0.3 is 0 Å². The Balaban J connectivity index is 0.000000129. The van der Waals surface area contributed by atoms with Gasteiger partial charge < -0.3 is 22.2 Å². The number of rotatable bonds is 7. The number of hydrogen-bond acceptors (Lipinski definition) is 10. The van der Waals surface area contributed by atoms with E-state index in [0.717, 1.165) is 77.0 Å². The highest BCUT2D eigenvalue weighted by Gasteiger charge is 2.25. The molecule has 0 unspecified atom stereocenters. The van der Waals surface area contributed by atoms with Crippen molar-refractivity contribution >= 4 is 121 Å². The largest absolute Gasteiger partial charge is 0.456 e. The van der Waals surface area contributed by atoms with E-state index < -0.39 is 60.4 Å². The summed E-state index contributed by atoms with van der Waals surface area (Å²) < 4.78 is 112. The molecule has 0 aliphatic heterocycles. The van der Waals surface area contributed by atoms with Crippen LogP contribution in [0.4, 0.5) is 0 Å². The van der Waals surface area contributed by atoms with Crippen LogP contribution in [0.1, 0.15) is 24.8 Å². The molecule has 0 fully saturated rings. The first-order chi connectivity index (χ1) is 55.1. The summed E-state index contributed by atoms with van der Waals surface area (Å²) in [5.41, 5.74) is 16.3. The van der Waals surface area contributed by atoms with Gasteiger partial charge in [-0.05, 0) is 101 Å². The molecule has 0 saturated heterocycles. The molecule has 21 aromatic rings. The normalized spacial score (nSPS) is 13.3. The van der Waals surface area contributed by atoms with Gasteiger partial charge in [-0.3, -0.25) is 0 Å². The minimum absolute atomic E-state index is 0.0507. The van der Waals surface area contributed by atoms with Crippen LogP contribution in [0, 0.1) is 0 Å². The fourth-order valence-corrected chi connectivity index (χ4v) is 14.7. The van der Waals surface area contributed by atoms with Crippen LogP contribution in [0.2, 0.25) is 5.02 Å². The number of aromatic nitrogens is 7. The molecule has 103 heavy (non-hydrogen) atoms. The van der Waals surface area contributed by atoms with Crippen LogP contribution in [0.15, 0.2) is 333 Å². The van der Waals surface area contributed by atoms with Crippen LogP contribution in [-0.2, 0) is 6.42 Å². The van der Waals surface area contributed by atoms with E-state index in [1.807, 2.05) is 152 Å². The van der Waals surface area contributed by atoms with Gasteiger partial charge in [-0.1, -0.05) is 242 Å². The summed E-state index contributed by atoms with van der Waals surface area (Å²) in [6.07, 6.45) is 1.10. The van der Waals surface area contributed by atoms with Crippen LogP contribution >= 0.6 is 11.6 Å². The fraction of sp³-hybridized carbons (Fsp3) is 0.0110. The van der Waals surface area contributed by atoms with Gasteiger partial charge in [0.25, 0.3) is 0 Å². The average molecular weight is 1350 g/mol. The summed E-state index contributed by atoms with van der Waals surface area (Å²) in [6.45, 7) is 0. The zero-order chi connectivity index (χ0) is 76.8. The number of furan rings is 4. The van der Waals surface area contributed by atoms with Crippen LogP contribution < -0.4 is 0 Å². The maximum absolute atomic E-state index is 8.83. The van der Waals surface area contributed by atoms with Gasteiger partial charge in [-0.2, -0.15) is 0 Å². The monoisotopic (exact) mass is 1350 g/mol. The number of halogens is 1. The lowest BCUT2D eigenvalue weighted by Crippen LogP contribution is -2.00. The first-order valence-electron chi connectivity index (χ1n) is 38.3. The summed E-state index contributed by atoms with van der Waals surface area (Å²) >= 11 is 6.25. The highest BCUT2D eigenvalue weighted by Crippen LogP contribution is 2.44. The van der Waals surface area contributed by atoms with E-state index in [1.165, 1.54) is 22.3 Å². The smallest absolute Gasteiger partial charge is 0.164 e. The molecule has 0 N–H and O–H groups in total. The molecule has 1 aliphatic carbocycles. The average Bonchev–Trinajstić information content (AvgIpc) is 1.61. The molecular formula is C91H54ClN7O4. The molecule has 0 atom stereocenters. The molecular weight excluding hydrogens is 1290 g/mol. The highest BCUT2D eigenvalue weighted by atomic mass is 35.5. The second-order valence-corrected chi connectivity index (χ2v) is 25.3. The molecule has 14 aromatic carbocycles. The standard InChI is InChI=1S/C45H26N4O2.C33H18ClN3O2.C13H10/c1-2-12-27(13-3-1)43-46-44(33-17-10-22-38-41(33)31-16-6-9-21-37(31)50-38)48-45(47-43)34-18-11-23-39-42(34)32-25-24-28(26-40(32)51-39)49-35-19-7-4-14-29(35)30-15-5-8-20-36(30)49;34-20-16-17-22-28(18-20)39-27-15-7-12-24(30(22)27)33-36-31(19-8-2-1-3-9-19)35-32(37-33)23-11-6-14-26-29(23)21-10-4-5-13-25(21)38-26;1-3-7-12-10(5-1)9-11-6-2-4-8-13(11)12/h1-26H;1-18H;1-8H,9H2/i1D,2D,3D,12D,13D;1D,2D,3D,8D,9D;. The second kappa shape index (κ2) is 24.4. The summed E-state index contributed by atoms with van der Waals surface area (Å²) in [5.74, 6) is 0.894. The van der Waals surface area contributed by atoms with Gasteiger partial charge in [0.05, 0.1) is 24.7 Å². The zero-order valence-electron chi connectivity index (χ0n) is 64.1. The van der Waals surface area contributed by atoms with Gasteiger partial charge in [0.1, 0.15) is 44.7 Å². The van der Waals surface area contributed by atoms with Crippen molar-refractivity contribution in [1.82, 2.24) is 34.5 Å². The van der Waals surface area contributed by atoms with Crippen molar-refractivity contribution in [3.63, 3.8) is 0 Å². The van der Waals surface area contributed by atoms with Crippen molar-refractivity contribution < 1.29 is 31.4 Å². The molecule has 7 heterocycles. The van der Waals surface area contributed by atoms with E-state index in [1.54, 1.807) is 12.1 Å². The Bertz CT molecular complexity index is 7470. The molecule has 0 spiro atoms. The van der Waals surface area contributed by atoms with E-state index in [0.29, 0.717) is 71.9 Å². The lowest BCUT2D eigenvalue weighted by atomic mass is 10.0. The molecule has 7 aromatic heterocycles. The van der Waals surface area contributed by atoms with Gasteiger partial charge in [-0.15, -0.1) is 0 Å². The van der Waals surface area contributed by atoms with Gasteiger partial charge in [0, 0.05) is 110 Å². The molecule has 0 radical (unpaired) electrons. The summed E-state index contributed by atoms with van der Waals surface area (Å²) in [6, 6.07) is 78.7. The Morgan fingerprint density at radius 2 is 0.612 bits per heavy atom.